The number of hydrogen-bond donors (Lipinski definition) is 2. The Balaban J connectivity index is 1.43. The first-order valence-electron chi connectivity index (χ1n) is 12.0. The van der Waals surface area contributed by atoms with Crippen LogP contribution in [0, 0.1) is 18.6 Å². The molecule has 4 aromatic rings. The van der Waals surface area contributed by atoms with Gasteiger partial charge in [-0.25, -0.2) is 18.3 Å². The highest BCUT2D eigenvalue weighted by molar-refractivity contribution is 5.87. The normalized spacial score (nSPS) is 11.2. The number of carboxylic acids is 1. The van der Waals surface area contributed by atoms with Crippen molar-refractivity contribution in [3.63, 3.8) is 0 Å². The highest BCUT2D eigenvalue weighted by atomic mass is 19.1. The fraction of sp³-hybridized carbons (Fsp3) is 0.241. The Labute approximate surface area is 214 Å². The maximum absolute atomic E-state index is 14.5. The van der Waals surface area contributed by atoms with Gasteiger partial charge in [-0.2, -0.15) is 5.10 Å². The van der Waals surface area contributed by atoms with Gasteiger partial charge in [0.1, 0.15) is 18.0 Å². The van der Waals surface area contributed by atoms with Crippen LogP contribution in [0.4, 0.5) is 8.78 Å². The predicted octanol–water partition coefficient (Wildman–Crippen LogP) is 6.15. The van der Waals surface area contributed by atoms with Crippen LogP contribution in [0.25, 0.3) is 5.69 Å². The van der Waals surface area contributed by atoms with Crippen LogP contribution < -0.4 is 10.1 Å². The van der Waals surface area contributed by atoms with Crippen molar-refractivity contribution in [3.8, 4) is 11.4 Å². The molecule has 6 nitrogen and oxygen atoms in total. The Morgan fingerprint density at radius 1 is 1.05 bits per heavy atom. The Kier molecular flexibility index (Phi) is 7.98. The van der Waals surface area contributed by atoms with E-state index in [1.165, 1.54) is 22.9 Å². The quantitative estimate of drug-likeness (QED) is 0.270. The number of aryl methyl sites for hydroxylation is 1. The van der Waals surface area contributed by atoms with Crippen LogP contribution >= 0.6 is 0 Å². The zero-order valence-corrected chi connectivity index (χ0v) is 21.0. The third-order valence-corrected chi connectivity index (χ3v) is 6.21. The molecule has 4 rings (SSSR count). The van der Waals surface area contributed by atoms with E-state index in [0.29, 0.717) is 24.5 Å². The lowest BCUT2D eigenvalue weighted by Crippen LogP contribution is -2.14. The molecule has 0 bridgehead atoms. The second-order valence-electron chi connectivity index (χ2n) is 9.17. The van der Waals surface area contributed by atoms with Crippen LogP contribution in [0.3, 0.4) is 0 Å². The number of aromatic nitrogens is 2. The van der Waals surface area contributed by atoms with E-state index in [1.807, 2.05) is 39.0 Å². The van der Waals surface area contributed by atoms with Gasteiger partial charge in [-0.3, -0.25) is 0 Å². The molecule has 1 aromatic heterocycles. The summed E-state index contributed by atoms with van der Waals surface area (Å²) in [6.45, 7) is 7.31. The number of hydrogen-bond acceptors (Lipinski definition) is 4. The zero-order valence-electron chi connectivity index (χ0n) is 21.0. The van der Waals surface area contributed by atoms with Gasteiger partial charge in [0.2, 0.25) is 0 Å². The van der Waals surface area contributed by atoms with E-state index >= 15 is 0 Å². The average molecular weight is 506 g/mol. The number of carboxylic acid groups (broad SMARTS) is 1. The number of ether oxygens (including phenoxy) is 1. The third kappa shape index (κ3) is 6.03. The van der Waals surface area contributed by atoms with Crippen molar-refractivity contribution in [1.82, 2.24) is 15.1 Å². The van der Waals surface area contributed by atoms with E-state index in [9.17, 15) is 13.6 Å². The standard InChI is InChI=1S/C29H29F2N3O3/c1-18(2)24-16-33-34(28-25(30)5-4-6-26(28)31)27(24)17-37-23-12-11-22(19(3)13-23)15-32-14-20-7-9-21(10-8-20)29(35)36/h4-13,16,18,32H,14-15,17H2,1-3H3,(H,35,36). The molecule has 0 amide bonds. The number of benzene rings is 3. The molecule has 0 aliphatic carbocycles. The molecule has 0 unspecified atom stereocenters. The first-order chi connectivity index (χ1) is 17.7. The van der Waals surface area contributed by atoms with Crippen molar-refractivity contribution < 1.29 is 23.4 Å². The van der Waals surface area contributed by atoms with Crippen LogP contribution in [-0.2, 0) is 19.7 Å². The van der Waals surface area contributed by atoms with Gasteiger partial charge < -0.3 is 15.2 Å². The number of nitrogens with one attached hydrogen (secondary N) is 1. The van der Waals surface area contributed by atoms with Crippen LogP contribution in [-0.4, -0.2) is 20.9 Å². The van der Waals surface area contributed by atoms with E-state index < -0.39 is 17.6 Å². The van der Waals surface area contributed by atoms with E-state index in [2.05, 4.69) is 10.4 Å². The molecule has 2 N–H and O–H groups in total. The number of carbonyl (C=O) groups is 1. The SMILES string of the molecule is Cc1cc(OCc2c(C(C)C)cnn2-c2c(F)cccc2F)ccc1CNCc1ccc(C(=O)O)cc1. The monoisotopic (exact) mass is 505 g/mol. The summed E-state index contributed by atoms with van der Waals surface area (Å²) in [7, 11) is 0. The molecular formula is C29H29F2N3O3. The van der Waals surface area contributed by atoms with Crippen molar-refractivity contribution in [3.05, 3.63) is 112 Å². The van der Waals surface area contributed by atoms with Crippen LogP contribution in [0.15, 0.2) is 66.9 Å². The summed E-state index contributed by atoms with van der Waals surface area (Å²) in [5, 5.41) is 16.6. The molecular weight excluding hydrogens is 476 g/mol. The second kappa shape index (κ2) is 11.3. The molecule has 1 heterocycles. The lowest BCUT2D eigenvalue weighted by Gasteiger charge is -2.15. The Morgan fingerprint density at radius 2 is 1.76 bits per heavy atom. The number of halogens is 2. The van der Waals surface area contributed by atoms with Crippen LogP contribution in [0.5, 0.6) is 5.75 Å². The first-order valence-corrected chi connectivity index (χ1v) is 12.0. The summed E-state index contributed by atoms with van der Waals surface area (Å²) in [4.78, 5) is 11.0. The molecule has 8 heteroatoms. The summed E-state index contributed by atoms with van der Waals surface area (Å²) in [6, 6.07) is 16.3. The molecule has 37 heavy (non-hydrogen) atoms. The summed E-state index contributed by atoms with van der Waals surface area (Å²) in [5.41, 5.74) is 4.61. The lowest BCUT2D eigenvalue weighted by molar-refractivity contribution is 0.0697. The summed E-state index contributed by atoms with van der Waals surface area (Å²) < 4.78 is 36.3. The van der Waals surface area contributed by atoms with Crippen molar-refractivity contribution in [1.29, 1.82) is 0 Å². The molecule has 0 saturated carbocycles. The van der Waals surface area contributed by atoms with Crippen LogP contribution in [0.2, 0.25) is 0 Å². The Bertz CT molecular complexity index is 1380. The average Bonchev–Trinajstić information content (AvgIpc) is 3.28. The van der Waals surface area contributed by atoms with Gasteiger partial charge in [0, 0.05) is 13.1 Å². The molecule has 3 aromatic carbocycles. The minimum atomic E-state index is -0.943. The Morgan fingerprint density at radius 3 is 2.38 bits per heavy atom. The van der Waals surface area contributed by atoms with Gasteiger partial charge >= 0.3 is 5.97 Å². The van der Waals surface area contributed by atoms with E-state index in [4.69, 9.17) is 9.84 Å². The van der Waals surface area contributed by atoms with E-state index in [0.717, 1.165) is 22.3 Å². The Hall–Kier alpha value is -4.04. The number of nitrogens with zero attached hydrogens (tertiary/aromatic N) is 2. The predicted molar refractivity (Wildman–Crippen MR) is 137 cm³/mol. The minimum absolute atomic E-state index is 0.0951. The van der Waals surface area contributed by atoms with Crippen molar-refractivity contribution in [2.45, 2.75) is 46.4 Å². The third-order valence-electron chi connectivity index (χ3n) is 6.21. The lowest BCUT2D eigenvalue weighted by atomic mass is 10.0. The highest BCUT2D eigenvalue weighted by Gasteiger charge is 2.20. The minimum Gasteiger partial charge on any atom is -0.487 e. The van der Waals surface area contributed by atoms with Gasteiger partial charge in [0.25, 0.3) is 0 Å². The van der Waals surface area contributed by atoms with Gasteiger partial charge in [0.05, 0.1) is 17.5 Å². The molecule has 0 atom stereocenters. The number of aromatic carboxylic acids is 1. The molecule has 0 aliphatic heterocycles. The van der Waals surface area contributed by atoms with E-state index in [-0.39, 0.29) is 23.8 Å². The zero-order chi connectivity index (χ0) is 26.5. The largest absolute Gasteiger partial charge is 0.487 e. The summed E-state index contributed by atoms with van der Waals surface area (Å²) in [5.74, 6) is -1.59. The van der Waals surface area contributed by atoms with Gasteiger partial charge in [0.15, 0.2) is 11.6 Å². The summed E-state index contributed by atoms with van der Waals surface area (Å²) in [6.07, 6.45) is 1.63. The molecule has 0 aliphatic rings. The van der Waals surface area contributed by atoms with E-state index in [1.54, 1.807) is 30.5 Å². The summed E-state index contributed by atoms with van der Waals surface area (Å²) >= 11 is 0. The fourth-order valence-corrected chi connectivity index (χ4v) is 4.11. The van der Waals surface area contributed by atoms with Crippen molar-refractivity contribution in [2.75, 3.05) is 0 Å². The number of para-hydroxylation sites is 1. The molecule has 0 saturated heterocycles. The molecule has 0 radical (unpaired) electrons. The van der Waals surface area contributed by atoms with Crippen molar-refractivity contribution >= 4 is 5.97 Å². The highest BCUT2D eigenvalue weighted by Crippen LogP contribution is 2.27. The topological polar surface area (TPSA) is 76.4 Å². The van der Waals surface area contributed by atoms with Crippen molar-refractivity contribution in [2.24, 2.45) is 0 Å². The second-order valence-corrected chi connectivity index (χ2v) is 9.17. The van der Waals surface area contributed by atoms with Gasteiger partial charge in [-0.1, -0.05) is 38.1 Å². The first kappa shape index (κ1) is 26.0. The van der Waals surface area contributed by atoms with Gasteiger partial charge in [-0.05, 0) is 71.5 Å². The maximum Gasteiger partial charge on any atom is 0.335 e. The number of rotatable bonds is 10. The maximum atomic E-state index is 14.5. The molecule has 0 spiro atoms. The molecule has 192 valence electrons. The fourth-order valence-electron chi connectivity index (χ4n) is 4.11. The smallest absolute Gasteiger partial charge is 0.335 e. The van der Waals surface area contributed by atoms with Crippen LogP contribution in [0.1, 0.15) is 58.1 Å². The van der Waals surface area contributed by atoms with Gasteiger partial charge in [-0.15, -0.1) is 0 Å². The molecule has 0 fully saturated rings.